The number of hydrogen-bond donors (Lipinski definition) is 3. The Morgan fingerprint density at radius 2 is 1.97 bits per heavy atom. The van der Waals surface area contributed by atoms with Crippen LogP contribution in [0, 0.1) is 6.92 Å². The number of alkyl halides is 3. The number of amides is 1. The van der Waals surface area contributed by atoms with Crippen LogP contribution in [-0.2, 0) is 16.1 Å². The molecule has 2 aliphatic heterocycles. The van der Waals surface area contributed by atoms with Gasteiger partial charge in [-0.05, 0) is 37.6 Å². The van der Waals surface area contributed by atoms with Crippen LogP contribution in [0.15, 0.2) is 59.4 Å². The molecule has 2 aliphatic rings. The molecule has 0 radical (unpaired) electrons. The summed E-state index contributed by atoms with van der Waals surface area (Å²) in [6.45, 7) is 2.92. The highest BCUT2D eigenvalue weighted by atomic mass is 35.5. The number of carboxylic acid groups (broad SMARTS) is 1. The first-order valence-electron chi connectivity index (χ1n) is 10.8. The second-order valence-electron chi connectivity index (χ2n) is 8.13. The SMILES string of the molecule is CC1=C(OCc2cnc(C)nc2)NC2C(CNc3ccc(Cl)nc3C(=O)O)=CC(C(F)(F)F)=CN2C1=O. The molecule has 4 heterocycles. The van der Waals surface area contributed by atoms with Crippen molar-refractivity contribution in [1.29, 1.82) is 0 Å². The number of nitrogens with one attached hydrogen (secondary N) is 2. The van der Waals surface area contributed by atoms with Gasteiger partial charge in [-0.1, -0.05) is 11.6 Å². The zero-order chi connectivity index (χ0) is 26.9. The van der Waals surface area contributed by atoms with Gasteiger partial charge in [0.2, 0.25) is 0 Å². The number of carboxylic acids is 1. The number of rotatable bonds is 7. The summed E-state index contributed by atoms with van der Waals surface area (Å²) >= 11 is 5.77. The fourth-order valence-electron chi connectivity index (χ4n) is 3.62. The Morgan fingerprint density at radius 1 is 1.27 bits per heavy atom. The van der Waals surface area contributed by atoms with E-state index in [-0.39, 0.29) is 41.0 Å². The van der Waals surface area contributed by atoms with E-state index in [1.807, 2.05) is 0 Å². The Kier molecular flexibility index (Phi) is 7.07. The highest BCUT2D eigenvalue weighted by Crippen LogP contribution is 2.35. The zero-order valence-corrected chi connectivity index (χ0v) is 20.2. The molecular weight excluding hydrogens is 517 g/mol. The van der Waals surface area contributed by atoms with Gasteiger partial charge in [-0.3, -0.25) is 9.69 Å². The number of hydrogen-bond acceptors (Lipinski definition) is 8. The first kappa shape index (κ1) is 25.9. The lowest BCUT2D eigenvalue weighted by atomic mass is 10.0. The molecular formula is C23H20ClF3N6O4. The maximum atomic E-state index is 13.6. The first-order chi connectivity index (χ1) is 17.4. The molecule has 4 rings (SSSR count). The molecule has 3 N–H and O–H groups in total. The summed E-state index contributed by atoms with van der Waals surface area (Å²) < 4.78 is 46.7. The summed E-state index contributed by atoms with van der Waals surface area (Å²) in [4.78, 5) is 37.4. The Balaban J connectivity index is 1.61. The number of pyridine rings is 1. The van der Waals surface area contributed by atoms with Crippen LogP contribution in [0.5, 0.6) is 0 Å². The van der Waals surface area contributed by atoms with Crippen molar-refractivity contribution in [1.82, 2.24) is 25.2 Å². The summed E-state index contributed by atoms with van der Waals surface area (Å²) in [5, 5.41) is 15.1. The number of fused-ring (bicyclic) bond motifs is 1. The van der Waals surface area contributed by atoms with Crippen LogP contribution >= 0.6 is 11.6 Å². The first-order valence-corrected chi connectivity index (χ1v) is 11.2. The number of allylic oxidation sites excluding steroid dienone is 2. The lowest BCUT2D eigenvalue weighted by molar-refractivity contribution is -0.128. The van der Waals surface area contributed by atoms with Gasteiger partial charge in [-0.2, -0.15) is 13.2 Å². The molecule has 194 valence electrons. The van der Waals surface area contributed by atoms with Crippen molar-refractivity contribution in [2.75, 3.05) is 11.9 Å². The maximum absolute atomic E-state index is 13.6. The third kappa shape index (κ3) is 5.66. The van der Waals surface area contributed by atoms with Gasteiger partial charge in [-0.15, -0.1) is 0 Å². The number of ether oxygens (including phenoxy) is 1. The molecule has 0 aliphatic carbocycles. The van der Waals surface area contributed by atoms with Crippen LogP contribution in [0.3, 0.4) is 0 Å². The smallest absolute Gasteiger partial charge is 0.417 e. The minimum Gasteiger partial charge on any atom is -0.476 e. The third-order valence-corrected chi connectivity index (χ3v) is 5.71. The Hall–Kier alpha value is -4.13. The molecule has 0 saturated carbocycles. The van der Waals surface area contributed by atoms with Gasteiger partial charge in [0.1, 0.15) is 23.8 Å². The monoisotopic (exact) mass is 536 g/mol. The number of aryl methyl sites for hydroxylation is 1. The van der Waals surface area contributed by atoms with E-state index < -0.39 is 35.5 Å². The van der Waals surface area contributed by atoms with Crippen molar-refractivity contribution in [2.45, 2.75) is 32.8 Å². The van der Waals surface area contributed by atoms with Gasteiger partial charge in [0.05, 0.1) is 16.8 Å². The number of carbonyl (C=O) groups excluding carboxylic acids is 1. The van der Waals surface area contributed by atoms with E-state index in [1.54, 1.807) is 19.3 Å². The lowest BCUT2D eigenvalue weighted by Gasteiger charge is -2.40. The average Bonchev–Trinajstić information content (AvgIpc) is 2.84. The molecule has 2 aromatic rings. The van der Waals surface area contributed by atoms with Crippen molar-refractivity contribution in [3.05, 3.63) is 81.6 Å². The van der Waals surface area contributed by atoms with Crippen LogP contribution < -0.4 is 10.6 Å². The molecule has 37 heavy (non-hydrogen) atoms. The van der Waals surface area contributed by atoms with Crippen molar-refractivity contribution >= 4 is 29.2 Å². The van der Waals surface area contributed by atoms with E-state index in [0.717, 1.165) is 17.2 Å². The van der Waals surface area contributed by atoms with Crippen molar-refractivity contribution in [3.63, 3.8) is 0 Å². The highest BCUT2D eigenvalue weighted by molar-refractivity contribution is 6.29. The van der Waals surface area contributed by atoms with Crippen molar-refractivity contribution < 1.29 is 32.6 Å². The van der Waals surface area contributed by atoms with Gasteiger partial charge in [0, 0.05) is 30.7 Å². The van der Waals surface area contributed by atoms with E-state index in [9.17, 15) is 27.9 Å². The number of halogens is 4. The molecule has 0 spiro atoms. The number of anilines is 1. The quantitative estimate of drug-likeness (QED) is 0.455. The third-order valence-electron chi connectivity index (χ3n) is 5.50. The Labute approximate surface area is 213 Å². The second kappa shape index (κ2) is 10.1. The van der Waals surface area contributed by atoms with Crippen LogP contribution in [0.25, 0.3) is 0 Å². The maximum Gasteiger partial charge on any atom is 0.417 e. The van der Waals surface area contributed by atoms with Crippen LogP contribution in [0.4, 0.5) is 18.9 Å². The highest BCUT2D eigenvalue weighted by Gasteiger charge is 2.42. The predicted molar refractivity (Wildman–Crippen MR) is 125 cm³/mol. The lowest BCUT2D eigenvalue weighted by Crippen LogP contribution is -2.54. The normalized spacial score (nSPS) is 17.5. The molecule has 0 fully saturated rings. The average molecular weight is 537 g/mol. The fraction of sp³-hybridized carbons (Fsp3) is 0.261. The van der Waals surface area contributed by atoms with Gasteiger partial charge in [-0.25, -0.2) is 19.7 Å². The van der Waals surface area contributed by atoms with E-state index in [2.05, 4.69) is 25.6 Å². The number of nitrogens with zero attached hydrogens (tertiary/aromatic N) is 4. The zero-order valence-electron chi connectivity index (χ0n) is 19.4. The Morgan fingerprint density at radius 3 is 2.62 bits per heavy atom. The summed E-state index contributed by atoms with van der Waals surface area (Å²) in [7, 11) is 0. The van der Waals surface area contributed by atoms with Gasteiger partial charge < -0.3 is 20.5 Å². The van der Waals surface area contributed by atoms with Gasteiger partial charge in [0.15, 0.2) is 11.6 Å². The van der Waals surface area contributed by atoms with Crippen molar-refractivity contribution in [3.8, 4) is 0 Å². The van der Waals surface area contributed by atoms with Gasteiger partial charge in [0.25, 0.3) is 5.91 Å². The molecule has 14 heteroatoms. The molecule has 0 bridgehead atoms. The Bertz CT molecular complexity index is 1340. The number of aromatic nitrogens is 3. The largest absolute Gasteiger partial charge is 0.476 e. The van der Waals surface area contributed by atoms with Crippen LogP contribution in [0.2, 0.25) is 5.15 Å². The summed E-state index contributed by atoms with van der Waals surface area (Å²) in [5.74, 6) is -1.41. The summed E-state index contributed by atoms with van der Waals surface area (Å²) in [6.07, 6.45) is -1.03. The molecule has 1 amide bonds. The number of aromatic carboxylic acids is 1. The number of carbonyl (C=O) groups is 2. The second-order valence-corrected chi connectivity index (χ2v) is 8.52. The minimum absolute atomic E-state index is 0.0132. The predicted octanol–water partition coefficient (Wildman–Crippen LogP) is 3.54. The fourth-order valence-corrected chi connectivity index (χ4v) is 3.77. The van der Waals surface area contributed by atoms with E-state index in [1.165, 1.54) is 19.1 Å². The topological polar surface area (TPSA) is 130 Å². The molecule has 1 atom stereocenters. The molecule has 10 nitrogen and oxygen atoms in total. The van der Waals surface area contributed by atoms with E-state index in [4.69, 9.17) is 16.3 Å². The molecule has 2 aromatic heterocycles. The van der Waals surface area contributed by atoms with Gasteiger partial charge >= 0.3 is 12.1 Å². The molecule has 0 aromatic carbocycles. The van der Waals surface area contributed by atoms with Crippen LogP contribution in [-0.4, -0.2) is 55.7 Å². The summed E-state index contributed by atoms with van der Waals surface area (Å²) in [5.41, 5.74) is -0.609. The molecule has 1 unspecified atom stereocenters. The van der Waals surface area contributed by atoms with E-state index >= 15 is 0 Å². The standard InChI is InChI=1S/C23H20ClF3N6O4/c1-11-20(37-10-13-6-28-12(2)29-7-13)32-19-14(5-15(23(25,26)27)9-33(19)21(11)34)8-30-16-3-4-17(24)31-18(16)22(35)36/h3-7,9,19,30,32H,8,10H2,1-2H3,(H,35,36). The van der Waals surface area contributed by atoms with Crippen molar-refractivity contribution in [2.24, 2.45) is 0 Å². The summed E-state index contributed by atoms with van der Waals surface area (Å²) in [6, 6.07) is 2.69. The van der Waals surface area contributed by atoms with E-state index in [0.29, 0.717) is 11.4 Å². The minimum atomic E-state index is -4.73. The van der Waals surface area contributed by atoms with Crippen LogP contribution in [0.1, 0.15) is 28.8 Å². The molecule has 0 saturated heterocycles.